The lowest BCUT2D eigenvalue weighted by molar-refractivity contribution is -0.384. The Labute approximate surface area is 125 Å². The highest BCUT2D eigenvalue weighted by Crippen LogP contribution is 2.28. The van der Waals surface area contributed by atoms with Crippen LogP contribution in [-0.4, -0.2) is 36.8 Å². The van der Waals surface area contributed by atoms with Crippen molar-refractivity contribution in [2.24, 2.45) is 0 Å². The topological polar surface area (TPSA) is 76.4 Å². The monoisotopic (exact) mass is 293 g/mol. The molecule has 0 spiro atoms. The zero-order valence-corrected chi connectivity index (χ0v) is 12.8. The summed E-state index contributed by atoms with van der Waals surface area (Å²) in [6.45, 7) is 8.20. The number of aryl methyl sites for hydroxylation is 2. The van der Waals surface area contributed by atoms with Gasteiger partial charge in [-0.15, -0.1) is 0 Å². The van der Waals surface area contributed by atoms with E-state index in [2.05, 4.69) is 10.6 Å². The van der Waals surface area contributed by atoms with Crippen molar-refractivity contribution in [3.63, 3.8) is 0 Å². The molecular formula is C15H23N3O3. The number of benzene rings is 1. The number of hydrogen-bond donors (Lipinski definition) is 2. The van der Waals surface area contributed by atoms with Crippen molar-refractivity contribution in [1.82, 2.24) is 5.32 Å². The Morgan fingerprint density at radius 3 is 2.81 bits per heavy atom. The van der Waals surface area contributed by atoms with E-state index in [1.54, 1.807) is 6.07 Å². The average Bonchev–Trinajstić information content (AvgIpc) is 2.43. The quantitative estimate of drug-likeness (QED) is 0.644. The Bertz CT molecular complexity index is 513. The smallest absolute Gasteiger partial charge is 0.292 e. The number of nitrogens with zero attached hydrogens (tertiary/aromatic N) is 1. The van der Waals surface area contributed by atoms with Crippen molar-refractivity contribution in [2.75, 3.05) is 25.1 Å². The van der Waals surface area contributed by atoms with Gasteiger partial charge in [-0.3, -0.25) is 10.1 Å². The summed E-state index contributed by atoms with van der Waals surface area (Å²) in [5, 5.41) is 17.9. The first-order valence-electron chi connectivity index (χ1n) is 7.30. The Balaban J connectivity index is 2.07. The first-order valence-corrected chi connectivity index (χ1v) is 7.30. The molecule has 0 saturated carbocycles. The van der Waals surface area contributed by atoms with Crippen LogP contribution in [0.3, 0.4) is 0 Å². The molecule has 2 unspecified atom stereocenters. The fourth-order valence-corrected chi connectivity index (χ4v) is 2.59. The molecule has 1 saturated heterocycles. The maximum atomic E-state index is 11.2. The lowest BCUT2D eigenvalue weighted by Crippen LogP contribution is -2.43. The van der Waals surface area contributed by atoms with Crippen LogP contribution in [0.5, 0.6) is 0 Å². The number of rotatable bonds is 5. The first kappa shape index (κ1) is 15.7. The fraction of sp³-hybridized carbons (Fsp3) is 0.600. The van der Waals surface area contributed by atoms with Gasteiger partial charge in [0.05, 0.1) is 18.1 Å². The largest absolute Gasteiger partial charge is 0.379 e. The third-order valence-corrected chi connectivity index (χ3v) is 3.85. The molecule has 6 nitrogen and oxygen atoms in total. The molecule has 0 aliphatic carbocycles. The summed E-state index contributed by atoms with van der Waals surface area (Å²) in [6.07, 6.45) is 0.865. The van der Waals surface area contributed by atoms with Gasteiger partial charge in [-0.05, 0) is 44.4 Å². The minimum absolute atomic E-state index is 0.130. The molecule has 1 aliphatic rings. The molecule has 1 heterocycles. The van der Waals surface area contributed by atoms with Crippen LogP contribution in [0, 0.1) is 24.0 Å². The summed E-state index contributed by atoms with van der Waals surface area (Å²) in [4.78, 5) is 10.9. The molecule has 0 amide bonds. The van der Waals surface area contributed by atoms with E-state index in [4.69, 9.17) is 4.74 Å². The predicted octanol–water partition coefficient (Wildman–Crippen LogP) is 2.39. The Morgan fingerprint density at radius 1 is 1.48 bits per heavy atom. The van der Waals surface area contributed by atoms with E-state index in [1.165, 1.54) is 0 Å². The minimum Gasteiger partial charge on any atom is -0.379 e. The van der Waals surface area contributed by atoms with Gasteiger partial charge >= 0.3 is 0 Å². The summed E-state index contributed by atoms with van der Waals surface area (Å²) in [5.41, 5.74) is 2.71. The van der Waals surface area contributed by atoms with Gasteiger partial charge in [-0.25, -0.2) is 0 Å². The Kier molecular flexibility index (Phi) is 5.14. The molecule has 1 aromatic carbocycles. The number of nitro groups is 1. The molecule has 1 aromatic rings. The fourth-order valence-electron chi connectivity index (χ4n) is 2.59. The van der Waals surface area contributed by atoms with Crippen LogP contribution in [0.25, 0.3) is 0 Å². The number of anilines is 1. The van der Waals surface area contributed by atoms with Crippen molar-refractivity contribution < 1.29 is 9.66 Å². The zero-order valence-electron chi connectivity index (χ0n) is 12.8. The molecule has 0 aromatic heterocycles. The van der Waals surface area contributed by atoms with Gasteiger partial charge in [0.15, 0.2) is 0 Å². The third kappa shape index (κ3) is 4.15. The van der Waals surface area contributed by atoms with E-state index < -0.39 is 0 Å². The van der Waals surface area contributed by atoms with Crippen LogP contribution in [0.4, 0.5) is 11.4 Å². The normalized spacial score (nSPS) is 20.0. The van der Waals surface area contributed by atoms with E-state index in [0.717, 1.165) is 30.7 Å². The lowest BCUT2D eigenvalue weighted by Gasteiger charge is -2.27. The van der Waals surface area contributed by atoms with Crippen LogP contribution in [0.2, 0.25) is 0 Å². The van der Waals surface area contributed by atoms with Gasteiger partial charge in [0.1, 0.15) is 5.69 Å². The number of morpholine rings is 1. The van der Waals surface area contributed by atoms with E-state index in [1.807, 2.05) is 26.8 Å². The molecule has 116 valence electrons. The van der Waals surface area contributed by atoms with E-state index in [0.29, 0.717) is 18.3 Å². The number of nitrogens with one attached hydrogen (secondary N) is 2. The van der Waals surface area contributed by atoms with Crippen molar-refractivity contribution in [3.8, 4) is 0 Å². The van der Waals surface area contributed by atoms with Gasteiger partial charge in [-0.2, -0.15) is 0 Å². The van der Waals surface area contributed by atoms with Gasteiger partial charge in [0.2, 0.25) is 0 Å². The van der Waals surface area contributed by atoms with Gasteiger partial charge < -0.3 is 15.4 Å². The highest BCUT2D eigenvalue weighted by Gasteiger charge is 2.20. The van der Waals surface area contributed by atoms with Crippen LogP contribution in [0.15, 0.2) is 12.1 Å². The van der Waals surface area contributed by atoms with Crippen LogP contribution in [-0.2, 0) is 4.74 Å². The molecular weight excluding hydrogens is 270 g/mol. The summed E-state index contributed by atoms with van der Waals surface area (Å²) >= 11 is 0. The number of hydrogen-bond acceptors (Lipinski definition) is 5. The summed E-state index contributed by atoms with van der Waals surface area (Å²) in [7, 11) is 0. The van der Waals surface area contributed by atoms with Crippen LogP contribution >= 0.6 is 0 Å². The predicted molar refractivity (Wildman–Crippen MR) is 82.9 cm³/mol. The number of nitro benzene ring substituents is 1. The maximum absolute atomic E-state index is 11.2. The van der Waals surface area contributed by atoms with E-state index in [-0.39, 0.29) is 16.7 Å². The molecule has 0 radical (unpaired) electrons. The second-order valence-electron chi connectivity index (χ2n) is 5.72. The second-order valence-corrected chi connectivity index (χ2v) is 5.72. The Hall–Kier alpha value is -1.66. The molecule has 2 rings (SSSR count). The standard InChI is InChI=1S/C15H23N3O3/c1-10-6-14(15(18(19)20)7-11(10)2)17-12(3)8-13-9-21-5-4-16-13/h6-7,12-13,16-17H,4-5,8-9H2,1-3H3. The van der Waals surface area contributed by atoms with Crippen LogP contribution < -0.4 is 10.6 Å². The molecule has 2 atom stereocenters. The zero-order chi connectivity index (χ0) is 15.4. The van der Waals surface area contributed by atoms with Crippen molar-refractivity contribution in [1.29, 1.82) is 0 Å². The molecule has 2 N–H and O–H groups in total. The second kappa shape index (κ2) is 6.87. The number of ether oxygens (including phenoxy) is 1. The molecule has 1 fully saturated rings. The Morgan fingerprint density at radius 2 is 2.19 bits per heavy atom. The van der Waals surface area contributed by atoms with Crippen molar-refractivity contribution >= 4 is 11.4 Å². The molecule has 0 bridgehead atoms. The van der Waals surface area contributed by atoms with Crippen LogP contribution in [0.1, 0.15) is 24.5 Å². The lowest BCUT2D eigenvalue weighted by atomic mass is 10.1. The van der Waals surface area contributed by atoms with Crippen molar-refractivity contribution in [3.05, 3.63) is 33.4 Å². The maximum Gasteiger partial charge on any atom is 0.292 e. The van der Waals surface area contributed by atoms with E-state index >= 15 is 0 Å². The highest BCUT2D eigenvalue weighted by atomic mass is 16.6. The molecule has 6 heteroatoms. The highest BCUT2D eigenvalue weighted by molar-refractivity contribution is 5.64. The van der Waals surface area contributed by atoms with Gasteiger partial charge in [0.25, 0.3) is 5.69 Å². The third-order valence-electron chi connectivity index (χ3n) is 3.85. The van der Waals surface area contributed by atoms with Gasteiger partial charge in [-0.1, -0.05) is 0 Å². The van der Waals surface area contributed by atoms with Crippen molar-refractivity contribution in [2.45, 2.75) is 39.3 Å². The van der Waals surface area contributed by atoms with Gasteiger partial charge in [0, 0.05) is 24.7 Å². The summed E-state index contributed by atoms with van der Waals surface area (Å²) < 4.78 is 5.43. The molecule has 21 heavy (non-hydrogen) atoms. The first-order chi connectivity index (χ1) is 9.97. The SMILES string of the molecule is Cc1cc(NC(C)CC2COCCN2)c([N+](=O)[O-])cc1C. The molecule has 1 aliphatic heterocycles. The average molecular weight is 293 g/mol. The summed E-state index contributed by atoms with van der Waals surface area (Å²) in [5.74, 6) is 0. The minimum atomic E-state index is -0.330. The summed E-state index contributed by atoms with van der Waals surface area (Å²) in [6, 6.07) is 3.91. The van der Waals surface area contributed by atoms with E-state index in [9.17, 15) is 10.1 Å².